The number of carbonyl (C=O) groups excluding carboxylic acids is 1. The standard InChI is InChI=1S/C14H19N3O2S/c1-10-16-12(9-20-10)11-7-13(17(2)8-11)14(18)15-5-4-6-19-3/h7-9H,4-6H2,1-3H3,(H,15,18). The molecule has 0 saturated carbocycles. The van der Waals surface area contributed by atoms with Gasteiger partial charge in [0.15, 0.2) is 0 Å². The first-order valence-electron chi connectivity index (χ1n) is 6.48. The molecule has 0 aliphatic heterocycles. The summed E-state index contributed by atoms with van der Waals surface area (Å²) in [6.07, 6.45) is 2.74. The summed E-state index contributed by atoms with van der Waals surface area (Å²) in [6.45, 7) is 3.24. The summed E-state index contributed by atoms with van der Waals surface area (Å²) in [6, 6.07) is 1.88. The highest BCUT2D eigenvalue weighted by Gasteiger charge is 2.13. The topological polar surface area (TPSA) is 56.1 Å². The second-order valence-corrected chi connectivity index (χ2v) is 5.64. The SMILES string of the molecule is COCCCNC(=O)c1cc(-c2csc(C)n2)cn1C. The van der Waals surface area contributed by atoms with Gasteiger partial charge in [-0.3, -0.25) is 4.79 Å². The highest BCUT2D eigenvalue weighted by molar-refractivity contribution is 7.09. The lowest BCUT2D eigenvalue weighted by Crippen LogP contribution is -2.26. The van der Waals surface area contributed by atoms with Crippen LogP contribution in [0.2, 0.25) is 0 Å². The van der Waals surface area contributed by atoms with Crippen LogP contribution < -0.4 is 5.32 Å². The molecule has 0 aliphatic carbocycles. The zero-order valence-electron chi connectivity index (χ0n) is 12.0. The molecule has 0 spiro atoms. The van der Waals surface area contributed by atoms with E-state index in [1.807, 2.05) is 36.2 Å². The Bertz CT molecular complexity index is 589. The van der Waals surface area contributed by atoms with Gasteiger partial charge < -0.3 is 14.6 Å². The molecule has 0 fully saturated rings. The molecule has 0 aromatic carbocycles. The maximum Gasteiger partial charge on any atom is 0.267 e. The van der Waals surface area contributed by atoms with Gasteiger partial charge in [-0.25, -0.2) is 4.98 Å². The van der Waals surface area contributed by atoms with Crippen LogP contribution in [0.1, 0.15) is 21.9 Å². The van der Waals surface area contributed by atoms with E-state index in [0.717, 1.165) is 22.7 Å². The molecule has 0 unspecified atom stereocenters. The largest absolute Gasteiger partial charge is 0.385 e. The fourth-order valence-electron chi connectivity index (χ4n) is 1.94. The molecule has 0 radical (unpaired) electrons. The molecular formula is C14H19N3O2S. The van der Waals surface area contributed by atoms with Crippen molar-refractivity contribution in [2.45, 2.75) is 13.3 Å². The van der Waals surface area contributed by atoms with Crippen LogP contribution in [0.3, 0.4) is 0 Å². The minimum atomic E-state index is -0.0678. The fraction of sp³-hybridized carbons (Fsp3) is 0.429. The lowest BCUT2D eigenvalue weighted by Gasteiger charge is -2.05. The predicted molar refractivity (Wildman–Crippen MR) is 80.1 cm³/mol. The highest BCUT2D eigenvalue weighted by atomic mass is 32.1. The van der Waals surface area contributed by atoms with Gasteiger partial charge in [0.25, 0.3) is 5.91 Å². The minimum Gasteiger partial charge on any atom is -0.385 e. The maximum atomic E-state index is 12.1. The average Bonchev–Trinajstić information content (AvgIpc) is 3.00. The molecule has 0 atom stereocenters. The third-order valence-electron chi connectivity index (χ3n) is 2.96. The summed E-state index contributed by atoms with van der Waals surface area (Å²) in [5.41, 5.74) is 2.53. The lowest BCUT2D eigenvalue weighted by atomic mass is 10.2. The van der Waals surface area contributed by atoms with Crippen molar-refractivity contribution in [1.82, 2.24) is 14.9 Å². The van der Waals surface area contributed by atoms with E-state index < -0.39 is 0 Å². The lowest BCUT2D eigenvalue weighted by molar-refractivity contribution is 0.0940. The molecule has 0 bridgehead atoms. The van der Waals surface area contributed by atoms with Crippen LogP contribution in [0.4, 0.5) is 0 Å². The number of methoxy groups -OCH3 is 1. The van der Waals surface area contributed by atoms with Gasteiger partial charge >= 0.3 is 0 Å². The van der Waals surface area contributed by atoms with Crippen LogP contribution in [0.5, 0.6) is 0 Å². The summed E-state index contributed by atoms with van der Waals surface area (Å²) in [7, 11) is 3.52. The Morgan fingerprint density at radius 1 is 1.55 bits per heavy atom. The van der Waals surface area contributed by atoms with Crippen LogP contribution in [-0.4, -0.2) is 35.7 Å². The van der Waals surface area contributed by atoms with E-state index in [9.17, 15) is 4.79 Å². The van der Waals surface area contributed by atoms with E-state index in [-0.39, 0.29) is 5.91 Å². The summed E-state index contributed by atoms with van der Waals surface area (Å²) in [5, 5.41) is 5.91. The van der Waals surface area contributed by atoms with Crippen molar-refractivity contribution in [2.75, 3.05) is 20.3 Å². The smallest absolute Gasteiger partial charge is 0.267 e. The van der Waals surface area contributed by atoms with Crippen LogP contribution in [0.15, 0.2) is 17.6 Å². The van der Waals surface area contributed by atoms with Crippen molar-refractivity contribution in [2.24, 2.45) is 7.05 Å². The van der Waals surface area contributed by atoms with Crippen molar-refractivity contribution < 1.29 is 9.53 Å². The molecular weight excluding hydrogens is 274 g/mol. The van der Waals surface area contributed by atoms with Gasteiger partial charge in [0, 0.05) is 44.4 Å². The van der Waals surface area contributed by atoms with E-state index in [1.54, 1.807) is 18.4 Å². The van der Waals surface area contributed by atoms with Crippen molar-refractivity contribution in [1.29, 1.82) is 0 Å². The van der Waals surface area contributed by atoms with E-state index in [1.165, 1.54) is 0 Å². The molecule has 1 amide bonds. The van der Waals surface area contributed by atoms with E-state index >= 15 is 0 Å². The number of amides is 1. The summed E-state index contributed by atoms with van der Waals surface area (Å²) in [5.74, 6) is -0.0678. The fourth-order valence-corrected chi connectivity index (χ4v) is 2.56. The molecule has 0 aliphatic rings. The zero-order valence-corrected chi connectivity index (χ0v) is 12.8. The van der Waals surface area contributed by atoms with Crippen LogP contribution in [-0.2, 0) is 11.8 Å². The summed E-state index contributed by atoms with van der Waals surface area (Å²) in [4.78, 5) is 16.5. The number of nitrogens with zero attached hydrogens (tertiary/aromatic N) is 2. The van der Waals surface area contributed by atoms with Gasteiger partial charge in [-0.1, -0.05) is 0 Å². The highest BCUT2D eigenvalue weighted by Crippen LogP contribution is 2.23. The van der Waals surface area contributed by atoms with Gasteiger partial charge in [-0.05, 0) is 19.4 Å². The number of carbonyl (C=O) groups is 1. The van der Waals surface area contributed by atoms with Crippen LogP contribution >= 0.6 is 11.3 Å². The first-order valence-corrected chi connectivity index (χ1v) is 7.36. The molecule has 1 N–H and O–H groups in total. The Balaban J connectivity index is 2.05. The number of ether oxygens (including phenoxy) is 1. The number of hydrogen-bond acceptors (Lipinski definition) is 4. The number of aryl methyl sites for hydroxylation is 2. The monoisotopic (exact) mass is 293 g/mol. The van der Waals surface area contributed by atoms with Gasteiger partial charge in [0.05, 0.1) is 10.7 Å². The Hall–Kier alpha value is -1.66. The second-order valence-electron chi connectivity index (χ2n) is 4.58. The molecule has 2 aromatic rings. The van der Waals surface area contributed by atoms with E-state index in [2.05, 4.69) is 10.3 Å². The molecule has 0 saturated heterocycles. The van der Waals surface area contributed by atoms with E-state index in [0.29, 0.717) is 18.8 Å². The molecule has 20 heavy (non-hydrogen) atoms. The van der Waals surface area contributed by atoms with Gasteiger partial charge in [-0.15, -0.1) is 11.3 Å². The Morgan fingerprint density at radius 3 is 3.00 bits per heavy atom. The number of hydrogen-bond donors (Lipinski definition) is 1. The van der Waals surface area contributed by atoms with Crippen molar-refractivity contribution in [3.63, 3.8) is 0 Å². The average molecular weight is 293 g/mol. The number of thiazole rings is 1. The number of rotatable bonds is 6. The first kappa shape index (κ1) is 14.7. The molecule has 2 heterocycles. The summed E-state index contributed by atoms with van der Waals surface area (Å²) < 4.78 is 6.78. The Labute approximate surface area is 122 Å². The van der Waals surface area contributed by atoms with Crippen molar-refractivity contribution in [3.8, 4) is 11.3 Å². The normalized spacial score (nSPS) is 10.8. The van der Waals surface area contributed by atoms with Crippen LogP contribution in [0.25, 0.3) is 11.3 Å². The molecule has 108 valence electrons. The van der Waals surface area contributed by atoms with E-state index in [4.69, 9.17) is 4.74 Å². The number of nitrogens with one attached hydrogen (secondary N) is 1. The first-order chi connectivity index (χ1) is 9.61. The van der Waals surface area contributed by atoms with Crippen LogP contribution in [0, 0.1) is 6.92 Å². The predicted octanol–water partition coefficient (Wildman–Crippen LogP) is 2.22. The second kappa shape index (κ2) is 6.67. The quantitative estimate of drug-likeness (QED) is 0.831. The summed E-state index contributed by atoms with van der Waals surface area (Å²) >= 11 is 1.61. The molecule has 5 nitrogen and oxygen atoms in total. The molecule has 2 aromatic heterocycles. The van der Waals surface area contributed by atoms with Gasteiger partial charge in [-0.2, -0.15) is 0 Å². The van der Waals surface area contributed by atoms with Crippen molar-refractivity contribution >= 4 is 17.2 Å². The van der Waals surface area contributed by atoms with Gasteiger partial charge in [0.2, 0.25) is 0 Å². The number of aromatic nitrogens is 2. The molecule has 2 rings (SSSR count). The zero-order chi connectivity index (χ0) is 14.5. The van der Waals surface area contributed by atoms with Crippen molar-refractivity contribution in [3.05, 3.63) is 28.3 Å². The maximum absolute atomic E-state index is 12.1. The third kappa shape index (κ3) is 3.46. The molecule has 6 heteroatoms. The Morgan fingerprint density at radius 2 is 2.35 bits per heavy atom. The minimum absolute atomic E-state index is 0.0678. The third-order valence-corrected chi connectivity index (χ3v) is 3.74. The van der Waals surface area contributed by atoms with Gasteiger partial charge in [0.1, 0.15) is 5.69 Å². The Kier molecular flexibility index (Phi) is 4.92.